The minimum atomic E-state index is -0.417. The highest BCUT2D eigenvalue weighted by molar-refractivity contribution is 6.31. The van der Waals surface area contributed by atoms with E-state index in [0.717, 1.165) is 54.5 Å². The zero-order chi connectivity index (χ0) is 20.5. The van der Waals surface area contributed by atoms with Gasteiger partial charge >= 0.3 is 0 Å². The van der Waals surface area contributed by atoms with E-state index < -0.39 is 5.82 Å². The molecule has 2 aromatic carbocycles. The van der Waals surface area contributed by atoms with E-state index in [9.17, 15) is 8.78 Å². The van der Waals surface area contributed by atoms with E-state index in [-0.39, 0.29) is 5.82 Å². The predicted molar refractivity (Wildman–Crippen MR) is 116 cm³/mol. The first kappa shape index (κ1) is 19.9. The average Bonchev–Trinajstić information content (AvgIpc) is 2.69. The molecule has 0 aliphatic carbocycles. The van der Waals surface area contributed by atoms with Crippen molar-refractivity contribution in [2.45, 2.75) is 19.3 Å². The van der Waals surface area contributed by atoms with Crippen molar-refractivity contribution < 1.29 is 8.78 Å². The van der Waals surface area contributed by atoms with E-state index in [0.29, 0.717) is 35.8 Å². The number of hydrogen-bond donors (Lipinski definition) is 1. The van der Waals surface area contributed by atoms with Crippen LogP contribution in [-0.4, -0.2) is 31.1 Å². The Bertz CT molecular complexity index is 986. The molecule has 0 bridgehead atoms. The Kier molecular flexibility index (Phi) is 5.61. The fourth-order valence-corrected chi connectivity index (χ4v) is 4.49. The summed E-state index contributed by atoms with van der Waals surface area (Å²) in [5, 5.41) is 0.659. The number of halogens is 3. The summed E-state index contributed by atoms with van der Waals surface area (Å²) in [6.45, 7) is 7.30. The number of anilines is 2. The summed E-state index contributed by atoms with van der Waals surface area (Å²) < 4.78 is 27.5. The third kappa shape index (κ3) is 4.16. The molecule has 0 fully saturated rings. The van der Waals surface area contributed by atoms with Crippen molar-refractivity contribution in [2.75, 3.05) is 36.8 Å². The second kappa shape index (κ2) is 8.17. The first-order chi connectivity index (χ1) is 13.9. The smallest absolute Gasteiger partial charge is 0.130 e. The molecule has 29 heavy (non-hydrogen) atoms. The largest absolute Gasteiger partial charge is 0.397 e. The third-order valence-corrected chi connectivity index (χ3v) is 5.85. The SMILES string of the molecule is C=C(CN1CC=C(c2cc(F)ccc2F)CC1)N1CCCc2cc(Cl)cc(N)c21. The van der Waals surface area contributed by atoms with Gasteiger partial charge in [-0.05, 0) is 60.7 Å². The molecular formula is C23H24ClF2N3. The summed E-state index contributed by atoms with van der Waals surface area (Å²) in [6, 6.07) is 7.37. The van der Waals surface area contributed by atoms with Crippen LogP contribution in [0.4, 0.5) is 20.2 Å². The summed E-state index contributed by atoms with van der Waals surface area (Å²) in [4.78, 5) is 4.44. The monoisotopic (exact) mass is 415 g/mol. The standard InChI is InChI=1S/C23H24ClF2N3/c1-15(29-8-2-3-17-11-18(24)12-22(27)23(17)29)14-28-9-6-16(7-10-28)20-13-19(25)4-5-21(20)26/h4-6,11-13H,1-3,7-10,14,27H2. The molecule has 2 aliphatic heterocycles. The van der Waals surface area contributed by atoms with Gasteiger partial charge in [-0.25, -0.2) is 8.78 Å². The van der Waals surface area contributed by atoms with Crippen LogP contribution in [0.2, 0.25) is 5.02 Å². The van der Waals surface area contributed by atoms with Gasteiger partial charge in [0.15, 0.2) is 0 Å². The Morgan fingerprint density at radius 1 is 1.14 bits per heavy atom. The molecule has 0 saturated carbocycles. The molecule has 0 aromatic heterocycles. The second-order valence-electron chi connectivity index (χ2n) is 7.66. The van der Waals surface area contributed by atoms with Crippen molar-refractivity contribution in [1.82, 2.24) is 4.90 Å². The van der Waals surface area contributed by atoms with Crippen molar-refractivity contribution in [1.29, 1.82) is 0 Å². The topological polar surface area (TPSA) is 32.5 Å². The Balaban J connectivity index is 1.46. The Hall–Kier alpha value is -2.37. The van der Waals surface area contributed by atoms with Crippen LogP contribution in [-0.2, 0) is 6.42 Å². The minimum absolute atomic E-state index is 0.359. The first-order valence-corrected chi connectivity index (χ1v) is 10.2. The van der Waals surface area contributed by atoms with Crippen molar-refractivity contribution in [3.63, 3.8) is 0 Å². The zero-order valence-corrected chi connectivity index (χ0v) is 17.0. The van der Waals surface area contributed by atoms with Crippen molar-refractivity contribution >= 4 is 28.5 Å². The van der Waals surface area contributed by atoms with Crippen LogP contribution < -0.4 is 10.6 Å². The number of hydrogen-bond acceptors (Lipinski definition) is 3. The van der Waals surface area contributed by atoms with Gasteiger partial charge < -0.3 is 10.6 Å². The van der Waals surface area contributed by atoms with Crippen molar-refractivity contribution in [3.05, 3.63) is 76.5 Å². The fraction of sp³-hybridized carbons (Fsp3) is 0.304. The highest BCUT2D eigenvalue weighted by atomic mass is 35.5. The minimum Gasteiger partial charge on any atom is -0.397 e. The average molecular weight is 416 g/mol. The lowest BCUT2D eigenvalue weighted by Crippen LogP contribution is -2.37. The van der Waals surface area contributed by atoms with Gasteiger partial charge in [-0.2, -0.15) is 0 Å². The van der Waals surface area contributed by atoms with E-state index >= 15 is 0 Å². The van der Waals surface area contributed by atoms with E-state index in [4.69, 9.17) is 17.3 Å². The maximum Gasteiger partial charge on any atom is 0.130 e. The van der Waals surface area contributed by atoms with Crippen LogP contribution >= 0.6 is 11.6 Å². The van der Waals surface area contributed by atoms with Gasteiger partial charge in [0.25, 0.3) is 0 Å². The lowest BCUT2D eigenvalue weighted by molar-refractivity contribution is 0.324. The number of nitrogens with zero attached hydrogens (tertiary/aromatic N) is 2. The molecule has 0 amide bonds. The molecule has 0 spiro atoms. The first-order valence-electron chi connectivity index (χ1n) is 9.82. The van der Waals surface area contributed by atoms with Crippen LogP contribution in [0.5, 0.6) is 0 Å². The summed E-state index contributed by atoms with van der Waals surface area (Å²) in [6.07, 6.45) is 4.63. The van der Waals surface area contributed by atoms with Crippen LogP contribution in [0.1, 0.15) is 24.0 Å². The maximum absolute atomic E-state index is 14.0. The van der Waals surface area contributed by atoms with Crippen molar-refractivity contribution in [2.24, 2.45) is 0 Å². The predicted octanol–water partition coefficient (Wildman–Crippen LogP) is 5.26. The molecule has 6 heteroatoms. The summed E-state index contributed by atoms with van der Waals surface area (Å²) in [5.74, 6) is -0.797. The van der Waals surface area contributed by atoms with Gasteiger partial charge in [-0.3, -0.25) is 4.90 Å². The van der Waals surface area contributed by atoms with Crippen LogP contribution in [0.15, 0.2) is 48.7 Å². The molecule has 2 aromatic rings. The molecule has 2 heterocycles. The number of rotatable bonds is 4. The molecular weight excluding hydrogens is 392 g/mol. The Morgan fingerprint density at radius 2 is 1.97 bits per heavy atom. The normalized spacial score (nSPS) is 17.1. The Labute approximate surface area is 175 Å². The molecule has 2 N–H and O–H groups in total. The number of fused-ring (bicyclic) bond motifs is 1. The second-order valence-corrected chi connectivity index (χ2v) is 8.10. The van der Waals surface area contributed by atoms with E-state index in [1.165, 1.54) is 12.1 Å². The molecule has 0 saturated heterocycles. The van der Waals surface area contributed by atoms with Gasteiger partial charge in [-0.1, -0.05) is 24.3 Å². The molecule has 0 radical (unpaired) electrons. The molecule has 4 rings (SSSR count). The lowest BCUT2D eigenvalue weighted by atomic mass is 9.98. The van der Waals surface area contributed by atoms with Crippen molar-refractivity contribution in [3.8, 4) is 0 Å². The van der Waals surface area contributed by atoms with Gasteiger partial charge in [0.1, 0.15) is 11.6 Å². The van der Waals surface area contributed by atoms with Crippen LogP contribution in [0, 0.1) is 11.6 Å². The molecule has 152 valence electrons. The summed E-state index contributed by atoms with van der Waals surface area (Å²) >= 11 is 6.16. The van der Waals surface area contributed by atoms with E-state index in [1.54, 1.807) is 6.07 Å². The number of benzene rings is 2. The number of nitrogen functional groups attached to an aromatic ring is 1. The molecule has 0 atom stereocenters. The molecule has 0 unspecified atom stereocenters. The third-order valence-electron chi connectivity index (χ3n) is 5.64. The Morgan fingerprint density at radius 3 is 2.72 bits per heavy atom. The van der Waals surface area contributed by atoms with Gasteiger partial charge in [0, 0.05) is 42.5 Å². The van der Waals surface area contributed by atoms with Gasteiger partial charge in [0.05, 0.1) is 11.4 Å². The summed E-state index contributed by atoms with van der Waals surface area (Å²) in [5.41, 5.74) is 11.3. The van der Waals surface area contributed by atoms with Gasteiger partial charge in [-0.15, -0.1) is 0 Å². The number of aryl methyl sites for hydroxylation is 1. The quantitative estimate of drug-likeness (QED) is 0.691. The fourth-order valence-electron chi connectivity index (χ4n) is 4.24. The highest BCUT2D eigenvalue weighted by Gasteiger charge is 2.24. The summed E-state index contributed by atoms with van der Waals surface area (Å²) in [7, 11) is 0. The van der Waals surface area contributed by atoms with E-state index in [2.05, 4.69) is 16.4 Å². The van der Waals surface area contributed by atoms with Crippen LogP contribution in [0.25, 0.3) is 5.57 Å². The highest BCUT2D eigenvalue weighted by Crippen LogP contribution is 2.37. The molecule has 2 aliphatic rings. The zero-order valence-electron chi connectivity index (χ0n) is 16.2. The van der Waals surface area contributed by atoms with Gasteiger partial charge in [0.2, 0.25) is 0 Å². The lowest BCUT2D eigenvalue weighted by Gasteiger charge is -2.36. The molecule has 3 nitrogen and oxygen atoms in total. The van der Waals surface area contributed by atoms with Crippen LogP contribution in [0.3, 0.4) is 0 Å². The maximum atomic E-state index is 14.0. The number of nitrogens with two attached hydrogens (primary N) is 1. The van der Waals surface area contributed by atoms with E-state index in [1.807, 2.05) is 12.1 Å².